The predicted molar refractivity (Wildman–Crippen MR) is 45.5 cm³/mol. The van der Waals surface area contributed by atoms with Gasteiger partial charge in [0.1, 0.15) is 0 Å². The van der Waals surface area contributed by atoms with Gasteiger partial charge in [-0.3, -0.25) is 4.99 Å². The lowest BCUT2D eigenvalue weighted by Gasteiger charge is -2.09. The summed E-state index contributed by atoms with van der Waals surface area (Å²) < 4.78 is 0. The monoisotopic (exact) mass is 137 g/mol. The zero-order chi connectivity index (χ0) is 7.40. The molecule has 0 amide bonds. The molecule has 0 aromatic heterocycles. The largest absolute Gasteiger partial charge is 0.285 e. The first-order valence-electron chi connectivity index (χ1n) is 4.09. The summed E-state index contributed by atoms with van der Waals surface area (Å²) in [6, 6.07) is 0. The Morgan fingerprint density at radius 2 is 2.20 bits per heavy atom. The Morgan fingerprint density at radius 1 is 1.50 bits per heavy atom. The van der Waals surface area contributed by atoms with Crippen LogP contribution in [-0.2, 0) is 0 Å². The number of rotatable bonds is 3. The van der Waals surface area contributed by atoms with E-state index in [1.807, 2.05) is 0 Å². The van der Waals surface area contributed by atoms with E-state index in [0.29, 0.717) is 5.92 Å². The molecule has 0 aliphatic carbocycles. The highest BCUT2D eigenvalue weighted by atomic mass is 14.7. The van der Waals surface area contributed by atoms with Gasteiger partial charge in [0.25, 0.3) is 0 Å². The van der Waals surface area contributed by atoms with Crippen molar-refractivity contribution in [2.75, 3.05) is 6.54 Å². The van der Waals surface area contributed by atoms with Crippen LogP contribution in [0.5, 0.6) is 0 Å². The van der Waals surface area contributed by atoms with Crippen molar-refractivity contribution in [1.82, 2.24) is 0 Å². The third-order valence-electron chi connectivity index (χ3n) is 2.07. The van der Waals surface area contributed by atoms with Gasteiger partial charge in [-0.15, -0.1) is 0 Å². The molecule has 0 aromatic rings. The highest BCUT2D eigenvalue weighted by Gasteiger charge is 2.10. The van der Waals surface area contributed by atoms with E-state index >= 15 is 0 Å². The second-order valence-electron chi connectivity index (χ2n) is 2.68. The summed E-state index contributed by atoms with van der Waals surface area (Å²) in [6.07, 6.45) is 6.74. The Bertz CT molecular complexity index is 152. The van der Waals surface area contributed by atoms with Crippen LogP contribution in [0.15, 0.2) is 17.1 Å². The highest BCUT2D eigenvalue weighted by Crippen LogP contribution is 2.13. The van der Waals surface area contributed by atoms with E-state index in [1.54, 1.807) is 0 Å². The van der Waals surface area contributed by atoms with Crippen LogP contribution in [0.25, 0.3) is 0 Å². The lowest BCUT2D eigenvalue weighted by molar-refractivity contribution is 0.645. The van der Waals surface area contributed by atoms with Gasteiger partial charge in [0, 0.05) is 11.6 Å². The number of nitrogens with zero attached hydrogens (tertiary/aromatic N) is 1. The minimum absolute atomic E-state index is 0.707. The molecule has 0 fully saturated rings. The minimum atomic E-state index is 0.707. The van der Waals surface area contributed by atoms with Gasteiger partial charge >= 0.3 is 0 Å². The summed E-state index contributed by atoms with van der Waals surface area (Å²) in [7, 11) is 0. The van der Waals surface area contributed by atoms with Gasteiger partial charge in [-0.1, -0.05) is 19.9 Å². The smallest absolute Gasteiger partial charge is 0.0577 e. The van der Waals surface area contributed by atoms with Gasteiger partial charge in [-0.05, 0) is 18.9 Å². The SMILES string of the molecule is CCC(CC)C1=NCC=C1. The van der Waals surface area contributed by atoms with Crippen LogP contribution in [0.2, 0.25) is 0 Å². The standard InChI is InChI=1S/C9H15N/c1-3-8(4-2)9-6-5-7-10-9/h5-6,8H,3-4,7H2,1-2H3. The van der Waals surface area contributed by atoms with Gasteiger partial charge in [0.2, 0.25) is 0 Å². The molecule has 1 rings (SSSR count). The van der Waals surface area contributed by atoms with Crippen LogP contribution in [0.1, 0.15) is 26.7 Å². The van der Waals surface area contributed by atoms with Gasteiger partial charge in [0.05, 0.1) is 6.54 Å². The Balaban J connectivity index is 2.52. The third kappa shape index (κ3) is 1.47. The maximum atomic E-state index is 4.38. The molecular weight excluding hydrogens is 122 g/mol. The quantitative estimate of drug-likeness (QED) is 0.566. The number of aliphatic imine (C=N–C) groups is 1. The first kappa shape index (κ1) is 7.52. The molecule has 0 bridgehead atoms. The minimum Gasteiger partial charge on any atom is -0.285 e. The van der Waals surface area contributed by atoms with E-state index in [4.69, 9.17) is 0 Å². The molecule has 0 atom stereocenters. The van der Waals surface area contributed by atoms with E-state index in [2.05, 4.69) is 31.0 Å². The maximum Gasteiger partial charge on any atom is 0.0577 e. The molecule has 0 saturated heterocycles. The van der Waals surface area contributed by atoms with E-state index in [9.17, 15) is 0 Å². The number of allylic oxidation sites excluding steroid dienone is 1. The van der Waals surface area contributed by atoms with E-state index in [-0.39, 0.29) is 0 Å². The van der Waals surface area contributed by atoms with Gasteiger partial charge in [-0.25, -0.2) is 0 Å². The molecule has 1 nitrogen and oxygen atoms in total. The molecule has 0 spiro atoms. The molecule has 0 N–H and O–H groups in total. The average Bonchev–Trinajstić information content (AvgIpc) is 2.43. The summed E-state index contributed by atoms with van der Waals surface area (Å²) in [5.41, 5.74) is 1.31. The molecule has 0 radical (unpaired) electrons. The molecular formula is C9H15N. The first-order valence-corrected chi connectivity index (χ1v) is 4.09. The van der Waals surface area contributed by atoms with Crippen LogP contribution < -0.4 is 0 Å². The summed E-state index contributed by atoms with van der Waals surface area (Å²) in [5.74, 6) is 0.707. The van der Waals surface area contributed by atoms with Crippen molar-refractivity contribution in [3.8, 4) is 0 Å². The summed E-state index contributed by atoms with van der Waals surface area (Å²) >= 11 is 0. The predicted octanol–water partition coefficient (Wildman–Crippen LogP) is 2.43. The van der Waals surface area contributed by atoms with Crippen molar-refractivity contribution in [3.63, 3.8) is 0 Å². The Labute approximate surface area is 62.9 Å². The average molecular weight is 137 g/mol. The lowest BCUT2D eigenvalue weighted by atomic mass is 9.98. The van der Waals surface area contributed by atoms with Crippen LogP contribution in [0, 0.1) is 5.92 Å². The summed E-state index contributed by atoms with van der Waals surface area (Å²) in [6.45, 7) is 5.36. The second kappa shape index (κ2) is 3.55. The number of hydrogen-bond donors (Lipinski definition) is 0. The molecule has 56 valence electrons. The van der Waals surface area contributed by atoms with Gasteiger partial charge in [-0.2, -0.15) is 0 Å². The molecule has 10 heavy (non-hydrogen) atoms. The van der Waals surface area contributed by atoms with Crippen LogP contribution in [0.4, 0.5) is 0 Å². The zero-order valence-corrected chi connectivity index (χ0v) is 6.80. The van der Waals surface area contributed by atoms with Crippen molar-refractivity contribution in [2.45, 2.75) is 26.7 Å². The molecule has 0 unspecified atom stereocenters. The Kier molecular flexibility index (Phi) is 2.67. The second-order valence-corrected chi connectivity index (χ2v) is 2.68. The van der Waals surface area contributed by atoms with Crippen molar-refractivity contribution in [2.24, 2.45) is 10.9 Å². The van der Waals surface area contributed by atoms with Crippen LogP contribution in [0.3, 0.4) is 0 Å². The molecule has 0 saturated carbocycles. The van der Waals surface area contributed by atoms with Gasteiger partial charge in [0.15, 0.2) is 0 Å². The van der Waals surface area contributed by atoms with Crippen LogP contribution in [-0.4, -0.2) is 12.3 Å². The summed E-state index contributed by atoms with van der Waals surface area (Å²) in [5, 5.41) is 0. The van der Waals surface area contributed by atoms with Crippen LogP contribution >= 0.6 is 0 Å². The Morgan fingerprint density at radius 3 is 2.60 bits per heavy atom. The molecule has 1 aliphatic heterocycles. The number of hydrogen-bond acceptors (Lipinski definition) is 1. The fraction of sp³-hybridized carbons (Fsp3) is 0.667. The van der Waals surface area contributed by atoms with Crippen molar-refractivity contribution in [1.29, 1.82) is 0 Å². The van der Waals surface area contributed by atoms with Crippen molar-refractivity contribution >= 4 is 5.71 Å². The fourth-order valence-electron chi connectivity index (χ4n) is 1.36. The topological polar surface area (TPSA) is 12.4 Å². The van der Waals surface area contributed by atoms with Crippen molar-refractivity contribution < 1.29 is 0 Å². The summed E-state index contributed by atoms with van der Waals surface area (Å²) in [4.78, 5) is 4.38. The molecule has 0 aromatic carbocycles. The molecule has 1 heteroatoms. The normalized spacial score (nSPS) is 16.5. The van der Waals surface area contributed by atoms with E-state index in [1.165, 1.54) is 18.6 Å². The lowest BCUT2D eigenvalue weighted by Crippen LogP contribution is -2.08. The van der Waals surface area contributed by atoms with Crippen molar-refractivity contribution in [3.05, 3.63) is 12.2 Å². The first-order chi connectivity index (χ1) is 4.88. The maximum absolute atomic E-state index is 4.38. The molecule has 1 heterocycles. The Hall–Kier alpha value is -0.590. The van der Waals surface area contributed by atoms with E-state index < -0.39 is 0 Å². The molecule has 1 aliphatic rings. The highest BCUT2D eigenvalue weighted by molar-refractivity contribution is 5.98. The fourth-order valence-corrected chi connectivity index (χ4v) is 1.36. The van der Waals surface area contributed by atoms with E-state index in [0.717, 1.165) is 6.54 Å². The third-order valence-corrected chi connectivity index (χ3v) is 2.07. The van der Waals surface area contributed by atoms with Gasteiger partial charge < -0.3 is 0 Å². The zero-order valence-electron chi connectivity index (χ0n) is 6.80.